The number of aromatic nitrogens is 2. The molecule has 0 aliphatic carbocycles. The minimum atomic E-state index is -5.59. The number of hydrogen-bond donors (Lipinski definition) is 10. The van der Waals surface area contributed by atoms with Crippen molar-refractivity contribution in [3.63, 3.8) is 0 Å². The number of phosphoric ester groups is 1. The molecular weight excluding hydrogens is 614 g/mol. The van der Waals surface area contributed by atoms with E-state index in [9.17, 15) is 53.8 Å². The smallest absolute Gasteiger partial charge is 0.481 e. The fraction of sp³-hybridized carbons (Fsp3) is 0.550. The third-order valence-electron chi connectivity index (χ3n) is 5.90. The number of rotatable bonds is 11. The lowest BCUT2D eigenvalue weighted by Gasteiger charge is -2.35. The highest BCUT2D eigenvalue weighted by Crippen LogP contribution is 2.57. The third-order valence-corrected chi connectivity index (χ3v) is 7.78. The van der Waals surface area contributed by atoms with Gasteiger partial charge >= 0.3 is 21.1 Å². The maximum atomic E-state index is 12.7. The van der Waals surface area contributed by atoms with E-state index in [0.717, 1.165) is 29.8 Å². The third kappa shape index (κ3) is 8.01. The van der Waals surface area contributed by atoms with Crippen LogP contribution in [0.1, 0.15) is 13.2 Å². The van der Waals surface area contributed by atoms with Crippen LogP contribution in [0.5, 0.6) is 0 Å². The van der Waals surface area contributed by atoms with Crippen LogP contribution in [0.3, 0.4) is 0 Å². The molecule has 0 spiro atoms. The van der Waals surface area contributed by atoms with Crippen molar-refractivity contribution >= 4 is 27.1 Å². The molecule has 1 aromatic heterocycles. The number of amides is 1. The van der Waals surface area contributed by atoms with Crippen molar-refractivity contribution in [2.45, 2.75) is 55.8 Å². The van der Waals surface area contributed by atoms with Crippen LogP contribution in [-0.2, 0) is 32.4 Å². The van der Waals surface area contributed by atoms with Crippen molar-refractivity contribution in [3.05, 3.63) is 46.2 Å². The number of anilines is 1. The normalized spacial score (nSPS) is 30.1. The number of carbonyl (C=O) groups excluding carboxylic acids is 1. The second kappa shape index (κ2) is 13.3. The summed E-state index contributed by atoms with van der Waals surface area (Å²) in [6, 6.07) is 0.0104. The lowest BCUT2D eigenvalue weighted by molar-refractivity contribution is -0.123. The molecule has 1 amide bonds. The van der Waals surface area contributed by atoms with E-state index in [1.54, 1.807) is 0 Å². The largest absolute Gasteiger partial charge is 0.527 e. The molecule has 22 heteroatoms. The standard InChI is InChI=1S/C20H30N4O16P2/c1-8(26)22-9-2-3-11(38-17(9)14(28)10(27)6-25)19(41(32,33)34)40-42(35,36)37-7-12-15(29)16(30)18(39-12)24-5-4-13(21)23-20(24)31/h2-5,9-10,12,14-18,25,27-30H,6-7H2,1H3,(H,22,26)(H,35,36)(H2,21,23,31)(H2,32,33,34)/b19-11-/t9-,10-,12-,14-,15+,16?,17?,18-/m1/s1. The zero-order valence-electron chi connectivity index (χ0n) is 21.6. The predicted octanol–water partition coefficient (Wildman–Crippen LogP) is -3.90. The first kappa shape index (κ1) is 33.8. The molecule has 3 heterocycles. The molecule has 1 fully saturated rings. The molecule has 3 unspecified atom stereocenters. The zero-order valence-corrected chi connectivity index (χ0v) is 23.3. The Morgan fingerprint density at radius 3 is 2.48 bits per heavy atom. The van der Waals surface area contributed by atoms with Crippen LogP contribution < -0.4 is 16.7 Å². The van der Waals surface area contributed by atoms with E-state index in [2.05, 4.69) is 14.8 Å². The number of phosphoric acid groups is 1. The molecule has 0 bridgehead atoms. The minimum absolute atomic E-state index is 0.134. The molecule has 0 radical (unpaired) electrons. The van der Waals surface area contributed by atoms with Crippen LogP contribution in [-0.4, -0.2) is 112 Å². The predicted molar refractivity (Wildman–Crippen MR) is 135 cm³/mol. The van der Waals surface area contributed by atoms with Gasteiger partial charge < -0.3 is 60.4 Å². The monoisotopic (exact) mass is 644 g/mol. The number of nitrogens with two attached hydrogens (primary N) is 1. The summed E-state index contributed by atoms with van der Waals surface area (Å²) in [6.45, 7) is -0.868. The van der Waals surface area contributed by atoms with Gasteiger partial charge in [0.15, 0.2) is 18.1 Å². The lowest BCUT2D eigenvalue weighted by Crippen LogP contribution is -2.53. The van der Waals surface area contributed by atoms with Crippen molar-refractivity contribution in [1.29, 1.82) is 0 Å². The van der Waals surface area contributed by atoms with Crippen molar-refractivity contribution < 1.29 is 72.7 Å². The molecular formula is C20H30N4O16P2. The van der Waals surface area contributed by atoms with Crippen molar-refractivity contribution in [2.75, 3.05) is 18.9 Å². The molecule has 11 N–H and O–H groups in total. The van der Waals surface area contributed by atoms with Crippen molar-refractivity contribution in [1.82, 2.24) is 14.9 Å². The van der Waals surface area contributed by atoms with Gasteiger partial charge in [-0.3, -0.25) is 23.3 Å². The molecule has 0 saturated carbocycles. The summed E-state index contributed by atoms with van der Waals surface area (Å²) in [4.78, 5) is 56.9. The van der Waals surface area contributed by atoms with E-state index in [1.165, 1.54) is 6.07 Å². The molecule has 42 heavy (non-hydrogen) atoms. The summed E-state index contributed by atoms with van der Waals surface area (Å²) in [5, 5.41) is 52.3. The Balaban J connectivity index is 1.82. The van der Waals surface area contributed by atoms with E-state index >= 15 is 0 Å². The van der Waals surface area contributed by atoms with Crippen molar-refractivity contribution in [3.8, 4) is 0 Å². The van der Waals surface area contributed by atoms with Crippen LogP contribution in [0.25, 0.3) is 0 Å². The number of nitrogens with one attached hydrogen (secondary N) is 1. The first-order valence-electron chi connectivity index (χ1n) is 11.9. The van der Waals surface area contributed by atoms with Gasteiger partial charge in [0.2, 0.25) is 5.91 Å². The number of hydrogen-bond acceptors (Lipinski definition) is 15. The van der Waals surface area contributed by atoms with Crippen LogP contribution in [0.15, 0.2) is 40.5 Å². The summed E-state index contributed by atoms with van der Waals surface area (Å²) in [7, 11) is -11.1. The van der Waals surface area contributed by atoms with Crippen LogP contribution >= 0.6 is 15.4 Å². The van der Waals surface area contributed by atoms with Gasteiger partial charge in [-0.25, -0.2) is 9.36 Å². The highest BCUT2D eigenvalue weighted by atomic mass is 31.2. The number of aliphatic hydroxyl groups is 5. The fourth-order valence-electron chi connectivity index (χ4n) is 3.92. The summed E-state index contributed by atoms with van der Waals surface area (Å²) in [5.74, 6) is -1.66. The average molecular weight is 644 g/mol. The molecule has 9 atom stereocenters. The van der Waals surface area contributed by atoms with Gasteiger partial charge in [-0.15, -0.1) is 0 Å². The van der Waals surface area contributed by atoms with Gasteiger partial charge in [-0.1, -0.05) is 6.08 Å². The SMILES string of the molecule is CC(=O)N[C@@H]1C=C/C(=C(\OP(=O)(O)OC[C@H]2O[C@@H](n3ccc(N)nc3=O)C(O)[C@H]2O)P(=O)(O)O)OC1[C@H](O)[C@H](O)CO. The Kier molecular flexibility index (Phi) is 10.7. The topological polar surface area (TPSA) is 323 Å². The molecule has 0 aromatic carbocycles. The summed E-state index contributed by atoms with van der Waals surface area (Å²) in [6.07, 6.45) is -9.03. The Bertz CT molecular complexity index is 1360. The van der Waals surface area contributed by atoms with Gasteiger partial charge in [0.05, 0.1) is 19.3 Å². The van der Waals surface area contributed by atoms with E-state index in [1.807, 2.05) is 0 Å². The van der Waals surface area contributed by atoms with Crippen molar-refractivity contribution in [2.24, 2.45) is 0 Å². The number of nitrogens with zero attached hydrogens (tertiary/aromatic N) is 2. The van der Waals surface area contributed by atoms with Crippen LogP contribution in [0.4, 0.5) is 5.82 Å². The number of carbonyl (C=O) groups is 1. The van der Waals surface area contributed by atoms with E-state index in [0.29, 0.717) is 0 Å². The number of aliphatic hydroxyl groups excluding tert-OH is 5. The van der Waals surface area contributed by atoms with Gasteiger partial charge in [-0.2, -0.15) is 4.98 Å². The highest BCUT2D eigenvalue weighted by molar-refractivity contribution is 7.57. The molecule has 20 nitrogen and oxygen atoms in total. The fourth-order valence-corrected chi connectivity index (χ4v) is 5.76. The Labute approximate surface area is 236 Å². The highest BCUT2D eigenvalue weighted by Gasteiger charge is 2.46. The van der Waals surface area contributed by atoms with Crippen LogP contribution in [0, 0.1) is 0 Å². The van der Waals surface area contributed by atoms with Gasteiger partial charge in [0.25, 0.3) is 5.50 Å². The first-order valence-corrected chi connectivity index (χ1v) is 15.0. The average Bonchev–Trinajstić information content (AvgIpc) is 3.18. The van der Waals surface area contributed by atoms with Crippen LogP contribution in [0.2, 0.25) is 0 Å². The van der Waals surface area contributed by atoms with E-state index < -0.39 is 100 Å². The maximum Gasteiger partial charge on any atom is 0.527 e. The first-order chi connectivity index (χ1) is 19.4. The van der Waals surface area contributed by atoms with Gasteiger partial charge in [0.1, 0.15) is 36.3 Å². The van der Waals surface area contributed by atoms with Gasteiger partial charge in [-0.05, 0) is 12.1 Å². The summed E-state index contributed by atoms with van der Waals surface area (Å²) in [5.41, 5.74) is 2.91. The zero-order chi connectivity index (χ0) is 31.6. The Morgan fingerprint density at radius 2 is 1.90 bits per heavy atom. The molecule has 1 saturated heterocycles. The minimum Gasteiger partial charge on any atom is -0.481 e. The molecule has 3 rings (SSSR count). The number of nitrogen functional groups attached to an aromatic ring is 1. The van der Waals surface area contributed by atoms with E-state index in [4.69, 9.17) is 24.8 Å². The summed E-state index contributed by atoms with van der Waals surface area (Å²) >= 11 is 0. The lowest BCUT2D eigenvalue weighted by atomic mass is 9.98. The molecule has 2 aliphatic heterocycles. The molecule has 1 aromatic rings. The summed E-state index contributed by atoms with van der Waals surface area (Å²) < 4.78 is 45.7. The quantitative estimate of drug-likeness (QED) is 0.0812. The number of ether oxygens (including phenoxy) is 2. The second-order valence-electron chi connectivity index (χ2n) is 9.07. The molecule has 236 valence electrons. The molecule has 2 aliphatic rings. The second-order valence-corrected chi connectivity index (χ2v) is 11.9. The Morgan fingerprint density at radius 1 is 1.24 bits per heavy atom. The Hall–Kier alpha value is -2.71. The maximum absolute atomic E-state index is 12.7. The van der Waals surface area contributed by atoms with Gasteiger partial charge in [0, 0.05) is 13.1 Å². The van der Waals surface area contributed by atoms with E-state index in [-0.39, 0.29) is 5.82 Å². The number of allylic oxidation sites excluding steroid dienone is 1.